The number of nitrogens with one attached hydrogen (secondary N) is 1. The minimum atomic E-state index is -3.26. The molecule has 2 aliphatic heterocycles. The van der Waals surface area contributed by atoms with Crippen molar-refractivity contribution in [1.29, 1.82) is 0 Å². The van der Waals surface area contributed by atoms with Crippen molar-refractivity contribution < 1.29 is 18.0 Å². The van der Waals surface area contributed by atoms with Gasteiger partial charge in [0.05, 0.1) is 22.4 Å². The third-order valence-corrected chi connectivity index (χ3v) is 7.75. The maximum absolute atomic E-state index is 12.3. The molecule has 0 aliphatic carbocycles. The minimum Gasteiger partial charge on any atom is -0.296 e. The van der Waals surface area contributed by atoms with Gasteiger partial charge in [-0.3, -0.25) is 19.2 Å². The van der Waals surface area contributed by atoms with E-state index in [0.29, 0.717) is 35.7 Å². The maximum atomic E-state index is 12.3. The number of halogens is 1. The van der Waals surface area contributed by atoms with E-state index in [1.807, 2.05) is 24.3 Å². The third-order valence-electron chi connectivity index (χ3n) is 5.46. The number of benzene rings is 2. The van der Waals surface area contributed by atoms with Crippen LogP contribution >= 0.6 is 11.6 Å². The first-order valence-corrected chi connectivity index (χ1v) is 11.6. The van der Waals surface area contributed by atoms with Gasteiger partial charge >= 0.3 is 0 Å². The number of carbonyl (C=O) groups excluding carboxylic acids is 2. The molecule has 0 spiro atoms. The second kappa shape index (κ2) is 7.80. The Hall–Kier alpha value is -2.38. The molecule has 0 radical (unpaired) electrons. The molecule has 2 aliphatic rings. The van der Waals surface area contributed by atoms with Crippen LogP contribution in [0.4, 0.5) is 5.69 Å². The molecule has 1 unspecified atom stereocenters. The van der Waals surface area contributed by atoms with Crippen LogP contribution in [-0.4, -0.2) is 32.5 Å². The zero-order valence-corrected chi connectivity index (χ0v) is 17.3. The zero-order chi connectivity index (χ0) is 20.6. The van der Waals surface area contributed by atoms with Crippen LogP contribution in [0.5, 0.6) is 0 Å². The van der Waals surface area contributed by atoms with Gasteiger partial charge in [0, 0.05) is 18.5 Å². The lowest BCUT2D eigenvalue weighted by Crippen LogP contribution is -2.39. The first-order chi connectivity index (χ1) is 13.9. The molecule has 2 fully saturated rings. The first kappa shape index (κ1) is 19.9. The second-order valence-electron chi connectivity index (χ2n) is 7.35. The fourth-order valence-corrected chi connectivity index (χ4v) is 5.92. The first-order valence-electron chi connectivity index (χ1n) is 9.60. The van der Waals surface area contributed by atoms with Gasteiger partial charge in [-0.15, -0.1) is 0 Å². The smallest absolute Gasteiger partial charge is 0.235 e. The minimum absolute atomic E-state index is 0.175. The lowest BCUT2D eigenvalue weighted by atomic mass is 9.88. The topological polar surface area (TPSA) is 83.6 Å². The largest absolute Gasteiger partial charge is 0.296 e. The van der Waals surface area contributed by atoms with Crippen LogP contribution in [-0.2, 0) is 19.6 Å². The standard InChI is InChI=1S/C21H21ClN2O4S/c22-20-16(4-3-5-17(20)18-10-11-19(25)23-21(18)26)14-6-8-15(9-7-14)24-12-1-2-13-29(24,27)28/h3-9,18H,1-2,10-13H2,(H,23,25,26). The van der Waals surface area contributed by atoms with E-state index in [0.717, 1.165) is 17.5 Å². The molecule has 2 heterocycles. The van der Waals surface area contributed by atoms with Crippen LogP contribution in [0.25, 0.3) is 11.1 Å². The maximum Gasteiger partial charge on any atom is 0.235 e. The fourth-order valence-electron chi connectivity index (χ4n) is 3.92. The third kappa shape index (κ3) is 3.89. The summed E-state index contributed by atoms with van der Waals surface area (Å²) in [6.07, 6.45) is 2.26. The molecule has 2 aromatic carbocycles. The van der Waals surface area contributed by atoms with Crippen LogP contribution in [0.2, 0.25) is 5.02 Å². The van der Waals surface area contributed by atoms with Gasteiger partial charge in [-0.1, -0.05) is 41.9 Å². The molecule has 1 N–H and O–H groups in total. The fraction of sp³-hybridized carbons (Fsp3) is 0.333. The van der Waals surface area contributed by atoms with E-state index in [1.54, 1.807) is 18.2 Å². The molecule has 0 bridgehead atoms. The normalized spacial score (nSPS) is 21.7. The van der Waals surface area contributed by atoms with E-state index in [2.05, 4.69) is 5.32 Å². The van der Waals surface area contributed by atoms with E-state index in [-0.39, 0.29) is 24.0 Å². The molecule has 6 nitrogen and oxygen atoms in total. The van der Waals surface area contributed by atoms with Gasteiger partial charge in [-0.05, 0) is 42.5 Å². The molecule has 152 valence electrons. The van der Waals surface area contributed by atoms with Gasteiger partial charge in [0.15, 0.2) is 0 Å². The molecule has 4 rings (SSSR count). The summed E-state index contributed by atoms with van der Waals surface area (Å²) in [7, 11) is -3.26. The van der Waals surface area contributed by atoms with Gasteiger partial charge in [0.25, 0.3) is 0 Å². The predicted molar refractivity (Wildman–Crippen MR) is 112 cm³/mol. The van der Waals surface area contributed by atoms with E-state index in [9.17, 15) is 18.0 Å². The van der Waals surface area contributed by atoms with Crippen molar-refractivity contribution in [3.05, 3.63) is 53.1 Å². The number of hydrogen-bond donors (Lipinski definition) is 1. The van der Waals surface area contributed by atoms with Crippen molar-refractivity contribution in [1.82, 2.24) is 5.32 Å². The van der Waals surface area contributed by atoms with Gasteiger partial charge < -0.3 is 0 Å². The van der Waals surface area contributed by atoms with Gasteiger partial charge in [0.2, 0.25) is 21.8 Å². The highest BCUT2D eigenvalue weighted by Crippen LogP contribution is 2.37. The van der Waals surface area contributed by atoms with Crippen molar-refractivity contribution in [2.75, 3.05) is 16.6 Å². The lowest BCUT2D eigenvalue weighted by Gasteiger charge is -2.28. The zero-order valence-electron chi connectivity index (χ0n) is 15.7. The Balaban J connectivity index is 1.64. The molecule has 1 atom stereocenters. The number of amides is 2. The van der Waals surface area contributed by atoms with E-state index < -0.39 is 15.9 Å². The molecular formula is C21H21ClN2O4S. The van der Waals surface area contributed by atoms with Crippen LogP contribution in [0.1, 0.15) is 37.2 Å². The molecule has 2 saturated heterocycles. The summed E-state index contributed by atoms with van der Waals surface area (Å²) in [6.45, 7) is 0.493. The van der Waals surface area contributed by atoms with Crippen molar-refractivity contribution in [2.45, 2.75) is 31.6 Å². The molecule has 8 heteroatoms. The van der Waals surface area contributed by atoms with Crippen molar-refractivity contribution in [3.63, 3.8) is 0 Å². The molecule has 0 saturated carbocycles. The van der Waals surface area contributed by atoms with Crippen LogP contribution in [0, 0.1) is 0 Å². The van der Waals surface area contributed by atoms with Gasteiger partial charge in [-0.25, -0.2) is 8.42 Å². The number of sulfonamides is 1. The molecule has 2 aromatic rings. The average Bonchev–Trinajstić information content (AvgIpc) is 2.69. The van der Waals surface area contributed by atoms with E-state index >= 15 is 0 Å². The highest BCUT2D eigenvalue weighted by molar-refractivity contribution is 7.92. The summed E-state index contributed by atoms with van der Waals surface area (Å²) in [5.41, 5.74) is 2.94. The molecule has 0 aromatic heterocycles. The van der Waals surface area contributed by atoms with E-state index in [1.165, 1.54) is 4.31 Å². The number of anilines is 1. The Morgan fingerprint density at radius 2 is 1.79 bits per heavy atom. The summed E-state index contributed by atoms with van der Waals surface area (Å²) in [5.74, 6) is -0.875. The Bertz CT molecular complexity index is 1070. The Morgan fingerprint density at radius 1 is 1.03 bits per heavy atom. The summed E-state index contributed by atoms with van der Waals surface area (Å²) in [5, 5.41) is 2.84. The van der Waals surface area contributed by atoms with E-state index in [4.69, 9.17) is 11.6 Å². The van der Waals surface area contributed by atoms with Gasteiger partial charge in [0.1, 0.15) is 0 Å². The molecule has 2 amide bonds. The van der Waals surface area contributed by atoms with Crippen LogP contribution < -0.4 is 9.62 Å². The van der Waals surface area contributed by atoms with Crippen LogP contribution in [0.3, 0.4) is 0 Å². The summed E-state index contributed by atoms with van der Waals surface area (Å²) in [4.78, 5) is 23.7. The highest BCUT2D eigenvalue weighted by Gasteiger charge is 2.30. The number of imide groups is 1. The highest BCUT2D eigenvalue weighted by atomic mass is 35.5. The Kier molecular flexibility index (Phi) is 5.36. The average molecular weight is 433 g/mol. The summed E-state index contributed by atoms with van der Waals surface area (Å²) in [6, 6.07) is 12.8. The Morgan fingerprint density at radius 3 is 2.48 bits per heavy atom. The number of piperidine rings is 1. The molecular weight excluding hydrogens is 412 g/mol. The summed E-state index contributed by atoms with van der Waals surface area (Å²) < 4.78 is 26.1. The second-order valence-corrected chi connectivity index (χ2v) is 9.75. The number of hydrogen-bond acceptors (Lipinski definition) is 4. The quantitative estimate of drug-likeness (QED) is 0.753. The lowest BCUT2D eigenvalue weighted by molar-refractivity contribution is -0.134. The summed E-state index contributed by atoms with van der Waals surface area (Å²) >= 11 is 6.64. The number of rotatable bonds is 3. The molecule has 29 heavy (non-hydrogen) atoms. The van der Waals surface area contributed by atoms with Crippen molar-refractivity contribution >= 4 is 39.1 Å². The monoisotopic (exact) mass is 432 g/mol. The number of carbonyl (C=O) groups is 2. The van der Waals surface area contributed by atoms with Gasteiger partial charge in [-0.2, -0.15) is 0 Å². The Labute approximate surface area is 174 Å². The number of nitrogens with zero attached hydrogens (tertiary/aromatic N) is 1. The van der Waals surface area contributed by atoms with Crippen molar-refractivity contribution in [3.8, 4) is 11.1 Å². The van der Waals surface area contributed by atoms with Crippen molar-refractivity contribution in [2.24, 2.45) is 0 Å². The predicted octanol–water partition coefficient (Wildman–Crippen LogP) is 3.46. The SMILES string of the molecule is O=C1CCC(c2cccc(-c3ccc(N4CCCCS4(=O)=O)cc3)c2Cl)C(=O)N1. The van der Waals surface area contributed by atoms with Crippen LogP contribution in [0.15, 0.2) is 42.5 Å².